The molecule has 1 aliphatic heterocycles. The molecular weight excluding hydrogens is 312 g/mol. The fraction of sp³-hybridized carbons (Fsp3) is 0.583. The maximum Gasteiger partial charge on any atom is 0.245 e. The number of nitrogens with zero attached hydrogens (tertiary/aromatic N) is 3. The Morgan fingerprint density at radius 1 is 1.68 bits per heavy atom. The molecule has 1 unspecified atom stereocenters. The highest BCUT2D eigenvalue weighted by atomic mass is 79.9. The molecule has 0 saturated carbocycles. The van der Waals surface area contributed by atoms with Gasteiger partial charge in [-0.2, -0.15) is 0 Å². The van der Waals surface area contributed by atoms with Crippen molar-refractivity contribution < 1.29 is 9.53 Å². The Kier molecular flexibility index (Phi) is 5.09. The van der Waals surface area contributed by atoms with E-state index in [1.54, 1.807) is 6.20 Å². The average molecular weight is 329 g/mol. The summed E-state index contributed by atoms with van der Waals surface area (Å²) in [6.07, 6.45) is 4.08. The van der Waals surface area contributed by atoms with Crippen molar-refractivity contribution in [3.8, 4) is 0 Å². The number of halogens is 1. The molecule has 0 aliphatic carbocycles. The average Bonchev–Trinajstić information content (AvgIpc) is 2.45. The van der Waals surface area contributed by atoms with E-state index in [4.69, 9.17) is 4.74 Å². The highest BCUT2D eigenvalue weighted by Crippen LogP contribution is 2.25. The highest BCUT2D eigenvalue weighted by Gasteiger charge is 2.31. The smallest absolute Gasteiger partial charge is 0.245 e. The lowest BCUT2D eigenvalue weighted by Gasteiger charge is -2.35. The van der Waals surface area contributed by atoms with E-state index in [9.17, 15) is 4.79 Å². The number of aromatic nitrogens is 2. The van der Waals surface area contributed by atoms with E-state index in [1.165, 1.54) is 6.33 Å². The summed E-state index contributed by atoms with van der Waals surface area (Å²) < 4.78 is 6.20. The summed E-state index contributed by atoms with van der Waals surface area (Å²) in [6.45, 7) is 4.31. The van der Waals surface area contributed by atoms with Crippen molar-refractivity contribution in [1.29, 1.82) is 0 Å². The van der Waals surface area contributed by atoms with E-state index in [0.29, 0.717) is 26.3 Å². The van der Waals surface area contributed by atoms with Crippen molar-refractivity contribution in [3.63, 3.8) is 0 Å². The van der Waals surface area contributed by atoms with Crippen LogP contribution in [0.2, 0.25) is 0 Å². The van der Waals surface area contributed by atoms with Crippen molar-refractivity contribution in [2.24, 2.45) is 0 Å². The third-order valence-electron chi connectivity index (χ3n) is 2.90. The summed E-state index contributed by atoms with van der Waals surface area (Å²) in [7, 11) is 0. The summed E-state index contributed by atoms with van der Waals surface area (Å²) in [5, 5.41) is 2.90. The van der Waals surface area contributed by atoms with E-state index >= 15 is 0 Å². The molecule has 1 atom stereocenters. The van der Waals surface area contributed by atoms with Crippen LogP contribution >= 0.6 is 15.9 Å². The quantitative estimate of drug-likeness (QED) is 0.892. The van der Waals surface area contributed by atoms with Crippen LogP contribution in [0.1, 0.15) is 13.3 Å². The maximum atomic E-state index is 12.2. The minimum Gasteiger partial charge on any atom is -0.377 e. The molecule has 1 fully saturated rings. The van der Waals surface area contributed by atoms with E-state index in [-0.39, 0.29) is 11.9 Å². The summed E-state index contributed by atoms with van der Waals surface area (Å²) in [4.78, 5) is 22.3. The molecule has 104 valence electrons. The molecule has 1 aromatic heterocycles. The Bertz CT molecular complexity index is 443. The molecule has 2 rings (SSSR count). The van der Waals surface area contributed by atoms with Crippen LogP contribution < -0.4 is 10.2 Å². The highest BCUT2D eigenvalue weighted by molar-refractivity contribution is 9.10. The molecule has 0 bridgehead atoms. The van der Waals surface area contributed by atoms with Crippen molar-refractivity contribution >= 4 is 27.7 Å². The molecule has 2 heterocycles. The van der Waals surface area contributed by atoms with Gasteiger partial charge in [0, 0.05) is 19.3 Å². The number of carbonyl (C=O) groups is 1. The summed E-state index contributed by atoms with van der Waals surface area (Å²) >= 11 is 3.42. The van der Waals surface area contributed by atoms with Crippen molar-refractivity contribution in [2.75, 3.05) is 31.2 Å². The Labute approximate surface area is 120 Å². The van der Waals surface area contributed by atoms with Crippen LogP contribution in [0, 0.1) is 0 Å². The fourth-order valence-corrected chi connectivity index (χ4v) is 2.41. The molecule has 1 aromatic rings. The van der Waals surface area contributed by atoms with Crippen LogP contribution in [0.5, 0.6) is 0 Å². The first-order chi connectivity index (χ1) is 9.24. The summed E-state index contributed by atoms with van der Waals surface area (Å²) in [5.74, 6) is 0.710. The minimum absolute atomic E-state index is 0.0212. The van der Waals surface area contributed by atoms with E-state index in [1.807, 2.05) is 11.8 Å². The van der Waals surface area contributed by atoms with E-state index in [2.05, 4.69) is 31.2 Å². The topological polar surface area (TPSA) is 67.3 Å². The number of hydrogen-bond acceptors (Lipinski definition) is 5. The lowest BCUT2D eigenvalue weighted by atomic mass is 10.2. The zero-order valence-electron chi connectivity index (χ0n) is 10.8. The lowest BCUT2D eigenvalue weighted by molar-refractivity contribution is -0.124. The molecule has 19 heavy (non-hydrogen) atoms. The van der Waals surface area contributed by atoms with Crippen LogP contribution in [-0.4, -0.2) is 48.2 Å². The summed E-state index contributed by atoms with van der Waals surface area (Å²) in [6, 6.07) is -0.341. The van der Waals surface area contributed by atoms with Gasteiger partial charge in [-0.15, -0.1) is 0 Å². The van der Waals surface area contributed by atoms with Gasteiger partial charge in [-0.1, -0.05) is 6.92 Å². The largest absolute Gasteiger partial charge is 0.377 e. The van der Waals surface area contributed by atoms with Gasteiger partial charge in [0.05, 0.1) is 17.7 Å². The van der Waals surface area contributed by atoms with Gasteiger partial charge in [0.1, 0.15) is 18.2 Å². The molecule has 1 aliphatic rings. The molecule has 1 N–H and O–H groups in total. The van der Waals surface area contributed by atoms with Gasteiger partial charge in [-0.05, 0) is 22.4 Å². The third-order valence-corrected chi connectivity index (χ3v) is 3.46. The number of ether oxygens (including phenoxy) is 1. The van der Waals surface area contributed by atoms with Gasteiger partial charge in [0.2, 0.25) is 5.91 Å². The Morgan fingerprint density at radius 2 is 2.53 bits per heavy atom. The minimum atomic E-state index is -0.341. The normalized spacial score (nSPS) is 19.3. The van der Waals surface area contributed by atoms with Gasteiger partial charge in [-0.3, -0.25) is 4.79 Å². The van der Waals surface area contributed by atoms with Gasteiger partial charge in [0.25, 0.3) is 0 Å². The number of rotatable bonds is 4. The summed E-state index contributed by atoms with van der Waals surface area (Å²) in [5.41, 5.74) is 0. The monoisotopic (exact) mass is 328 g/mol. The molecule has 7 heteroatoms. The Balaban J connectivity index is 2.16. The van der Waals surface area contributed by atoms with Crippen molar-refractivity contribution in [3.05, 3.63) is 17.0 Å². The molecule has 1 amide bonds. The first-order valence-corrected chi connectivity index (χ1v) is 7.11. The fourth-order valence-electron chi connectivity index (χ4n) is 1.96. The molecule has 1 saturated heterocycles. The van der Waals surface area contributed by atoms with E-state index in [0.717, 1.165) is 16.7 Å². The number of carbonyl (C=O) groups excluding carboxylic acids is 1. The Hall–Kier alpha value is -1.21. The van der Waals surface area contributed by atoms with Gasteiger partial charge in [0.15, 0.2) is 0 Å². The van der Waals surface area contributed by atoms with Crippen molar-refractivity contribution in [1.82, 2.24) is 15.3 Å². The van der Waals surface area contributed by atoms with Gasteiger partial charge >= 0.3 is 0 Å². The second-order valence-electron chi connectivity index (χ2n) is 4.27. The number of nitrogens with one attached hydrogen (secondary N) is 1. The van der Waals surface area contributed by atoms with Crippen LogP contribution in [0.15, 0.2) is 17.0 Å². The van der Waals surface area contributed by atoms with Gasteiger partial charge < -0.3 is 15.0 Å². The van der Waals surface area contributed by atoms with E-state index < -0.39 is 0 Å². The third kappa shape index (κ3) is 3.42. The van der Waals surface area contributed by atoms with Crippen LogP contribution in [-0.2, 0) is 9.53 Å². The Morgan fingerprint density at radius 3 is 3.26 bits per heavy atom. The van der Waals surface area contributed by atoms with Crippen LogP contribution in [0.3, 0.4) is 0 Å². The molecule has 0 spiro atoms. The second kappa shape index (κ2) is 6.81. The number of anilines is 1. The van der Waals surface area contributed by atoms with Gasteiger partial charge in [-0.25, -0.2) is 9.97 Å². The zero-order chi connectivity index (χ0) is 13.7. The molecular formula is C12H17BrN4O2. The molecule has 6 nitrogen and oxygen atoms in total. The molecule has 0 aromatic carbocycles. The van der Waals surface area contributed by atoms with Crippen molar-refractivity contribution in [2.45, 2.75) is 19.4 Å². The maximum absolute atomic E-state index is 12.2. The first kappa shape index (κ1) is 14.2. The predicted molar refractivity (Wildman–Crippen MR) is 75.0 cm³/mol. The van der Waals surface area contributed by atoms with Crippen LogP contribution in [0.4, 0.5) is 5.82 Å². The zero-order valence-corrected chi connectivity index (χ0v) is 12.4. The second-order valence-corrected chi connectivity index (χ2v) is 5.12. The first-order valence-electron chi connectivity index (χ1n) is 6.31. The standard InChI is InChI=1S/C12H17BrN4O2/c1-2-3-15-12(18)10-7-19-5-4-17(10)11-9(13)6-14-8-16-11/h6,8,10H,2-5,7H2,1H3,(H,15,18). The molecule has 0 radical (unpaired) electrons. The van der Waals surface area contributed by atoms with Crippen LogP contribution in [0.25, 0.3) is 0 Å². The lowest BCUT2D eigenvalue weighted by Crippen LogP contribution is -2.54. The number of hydrogen-bond donors (Lipinski definition) is 1. The SMILES string of the molecule is CCCNC(=O)C1COCCN1c1ncncc1Br. The predicted octanol–water partition coefficient (Wildman–Crippen LogP) is 0.970. The number of morpholine rings is 1. The number of amides is 1.